The number of phenols is 2. The molecule has 0 spiro atoms. The molecule has 3 rings (SSSR count). The molecule has 0 saturated heterocycles. The van der Waals surface area contributed by atoms with Gasteiger partial charge in [0, 0.05) is 8.95 Å². The van der Waals surface area contributed by atoms with Crippen molar-refractivity contribution in [2.75, 3.05) is 0 Å². The van der Waals surface area contributed by atoms with Gasteiger partial charge in [-0.3, -0.25) is 9.59 Å². The summed E-state index contributed by atoms with van der Waals surface area (Å²) in [6.45, 7) is 0. The third-order valence-corrected chi connectivity index (χ3v) is 5.78. The molecule has 0 bridgehead atoms. The van der Waals surface area contributed by atoms with E-state index in [0.29, 0.717) is 17.9 Å². The maximum Gasteiger partial charge on any atom is 0.199 e. The van der Waals surface area contributed by atoms with E-state index in [1.807, 2.05) is 0 Å². The lowest BCUT2D eigenvalue weighted by atomic mass is 9.83. The fraction of sp³-hybridized carbons (Fsp3) is 0. The molecule has 2 aromatic rings. The molecular formula is C14H4Br4O4. The van der Waals surface area contributed by atoms with E-state index in [1.54, 1.807) is 0 Å². The zero-order valence-corrected chi connectivity index (χ0v) is 16.7. The number of carbonyl (C=O) groups is 2. The number of rotatable bonds is 0. The number of halogens is 4. The number of carbonyl (C=O) groups excluding carboxylic acids is 2. The Kier molecular flexibility index (Phi) is 3.99. The van der Waals surface area contributed by atoms with Crippen LogP contribution in [0.4, 0.5) is 0 Å². The lowest BCUT2D eigenvalue weighted by Gasteiger charge is -2.22. The summed E-state index contributed by atoms with van der Waals surface area (Å²) >= 11 is 12.7. The molecule has 0 aromatic heterocycles. The topological polar surface area (TPSA) is 74.6 Å². The molecule has 0 saturated carbocycles. The fourth-order valence-corrected chi connectivity index (χ4v) is 5.04. The van der Waals surface area contributed by atoms with Crippen molar-refractivity contribution in [3.05, 3.63) is 52.3 Å². The van der Waals surface area contributed by atoms with E-state index in [-0.39, 0.29) is 33.8 Å². The normalized spacial score (nSPS) is 13.1. The zero-order chi connectivity index (χ0) is 16.3. The summed E-state index contributed by atoms with van der Waals surface area (Å²) < 4.78 is 1.29. The minimum Gasteiger partial charge on any atom is -0.506 e. The van der Waals surface area contributed by atoms with Crippen molar-refractivity contribution in [1.29, 1.82) is 0 Å². The third-order valence-electron chi connectivity index (χ3n) is 3.32. The van der Waals surface area contributed by atoms with Crippen LogP contribution in [0.3, 0.4) is 0 Å². The predicted octanol–water partition coefficient (Wildman–Crippen LogP) is 4.92. The summed E-state index contributed by atoms with van der Waals surface area (Å²) in [5.74, 6) is -1.70. The highest BCUT2D eigenvalue weighted by molar-refractivity contribution is 9.11. The lowest BCUT2D eigenvalue weighted by molar-refractivity contribution is 0.0972. The Hall–Kier alpha value is -0.700. The van der Waals surface area contributed by atoms with Crippen LogP contribution >= 0.6 is 63.7 Å². The van der Waals surface area contributed by atoms with Crippen molar-refractivity contribution in [1.82, 2.24) is 0 Å². The van der Waals surface area contributed by atoms with Gasteiger partial charge in [-0.25, -0.2) is 0 Å². The number of phenolic OH excluding ortho intramolecular Hbond substituents is 2. The number of hydrogen-bond acceptors (Lipinski definition) is 4. The minimum absolute atomic E-state index is 0.0264. The van der Waals surface area contributed by atoms with Gasteiger partial charge in [-0.15, -0.1) is 0 Å². The molecule has 1 aliphatic rings. The Morgan fingerprint density at radius 3 is 1.23 bits per heavy atom. The standard InChI is InChI=1S/C14H4Br4O4/c15-3-1-5(17)11(19)9-7(3)13(21)10-8(14(9)22)4(16)2-6(18)12(10)20/h1-2,19-20H. The van der Waals surface area contributed by atoms with Gasteiger partial charge >= 0.3 is 0 Å². The van der Waals surface area contributed by atoms with Gasteiger partial charge in [0.1, 0.15) is 11.5 Å². The molecule has 0 aliphatic heterocycles. The summed E-state index contributed by atoms with van der Waals surface area (Å²) in [4.78, 5) is 25.5. The first-order valence-electron chi connectivity index (χ1n) is 5.77. The highest BCUT2D eigenvalue weighted by atomic mass is 79.9. The molecular weight excluding hydrogens is 552 g/mol. The molecule has 0 atom stereocenters. The van der Waals surface area contributed by atoms with E-state index in [4.69, 9.17) is 0 Å². The van der Waals surface area contributed by atoms with E-state index in [1.165, 1.54) is 12.1 Å². The van der Waals surface area contributed by atoms with Crippen LogP contribution in [0.25, 0.3) is 0 Å². The number of aromatic hydroxyl groups is 2. The minimum atomic E-state index is -0.543. The molecule has 0 unspecified atom stereocenters. The van der Waals surface area contributed by atoms with E-state index in [9.17, 15) is 19.8 Å². The van der Waals surface area contributed by atoms with Gasteiger partial charge in [0.15, 0.2) is 11.6 Å². The van der Waals surface area contributed by atoms with Crippen molar-refractivity contribution in [2.24, 2.45) is 0 Å². The predicted molar refractivity (Wildman–Crippen MR) is 93.9 cm³/mol. The van der Waals surface area contributed by atoms with Gasteiger partial charge in [0.05, 0.1) is 31.2 Å². The second kappa shape index (κ2) is 5.43. The number of benzene rings is 2. The fourth-order valence-electron chi connectivity index (χ4n) is 2.35. The van der Waals surface area contributed by atoms with Crippen LogP contribution in [0, 0.1) is 0 Å². The highest BCUT2D eigenvalue weighted by Gasteiger charge is 2.38. The first-order valence-corrected chi connectivity index (χ1v) is 8.94. The molecule has 0 heterocycles. The summed E-state index contributed by atoms with van der Waals surface area (Å²) in [7, 11) is 0. The van der Waals surface area contributed by atoms with Gasteiger partial charge < -0.3 is 10.2 Å². The molecule has 0 fully saturated rings. The van der Waals surface area contributed by atoms with Crippen LogP contribution < -0.4 is 0 Å². The molecule has 0 amide bonds. The van der Waals surface area contributed by atoms with Gasteiger partial charge in [0.25, 0.3) is 0 Å². The Morgan fingerprint density at radius 1 is 0.591 bits per heavy atom. The van der Waals surface area contributed by atoms with Crippen LogP contribution in [0.5, 0.6) is 11.5 Å². The first-order chi connectivity index (χ1) is 10.3. The van der Waals surface area contributed by atoms with Gasteiger partial charge in [-0.05, 0) is 75.9 Å². The van der Waals surface area contributed by atoms with E-state index in [2.05, 4.69) is 63.7 Å². The molecule has 2 N–H and O–H groups in total. The van der Waals surface area contributed by atoms with Crippen molar-refractivity contribution in [2.45, 2.75) is 0 Å². The molecule has 0 radical (unpaired) electrons. The number of hydrogen-bond donors (Lipinski definition) is 2. The largest absolute Gasteiger partial charge is 0.506 e. The Bertz CT molecular complexity index is 816. The van der Waals surface area contributed by atoms with Crippen LogP contribution in [0.1, 0.15) is 31.8 Å². The highest BCUT2D eigenvalue weighted by Crippen LogP contribution is 2.46. The summed E-state index contributed by atoms with van der Waals surface area (Å²) in [6, 6.07) is 2.96. The van der Waals surface area contributed by atoms with Crippen molar-refractivity contribution in [3.8, 4) is 11.5 Å². The van der Waals surface area contributed by atoms with Crippen molar-refractivity contribution >= 4 is 75.3 Å². The molecule has 2 aromatic carbocycles. The molecule has 22 heavy (non-hydrogen) atoms. The molecule has 4 nitrogen and oxygen atoms in total. The monoisotopic (exact) mass is 552 g/mol. The van der Waals surface area contributed by atoms with Crippen LogP contribution in [-0.2, 0) is 0 Å². The van der Waals surface area contributed by atoms with Crippen molar-refractivity contribution < 1.29 is 19.8 Å². The van der Waals surface area contributed by atoms with E-state index < -0.39 is 11.6 Å². The SMILES string of the molecule is O=C1c2c(Br)cc(Br)c(O)c2C(=O)c2c(Br)cc(Br)c(O)c21. The lowest BCUT2D eigenvalue weighted by Crippen LogP contribution is -2.22. The van der Waals surface area contributed by atoms with E-state index >= 15 is 0 Å². The molecule has 112 valence electrons. The number of fused-ring (bicyclic) bond motifs is 2. The average molecular weight is 556 g/mol. The smallest absolute Gasteiger partial charge is 0.199 e. The van der Waals surface area contributed by atoms with Gasteiger partial charge in [0.2, 0.25) is 0 Å². The Balaban J connectivity index is 2.49. The second-order valence-electron chi connectivity index (χ2n) is 4.54. The second-order valence-corrected chi connectivity index (χ2v) is 7.95. The van der Waals surface area contributed by atoms with Gasteiger partial charge in [-0.1, -0.05) is 0 Å². The Morgan fingerprint density at radius 2 is 0.909 bits per heavy atom. The first kappa shape index (κ1) is 16.2. The van der Waals surface area contributed by atoms with Crippen LogP contribution in [0.2, 0.25) is 0 Å². The van der Waals surface area contributed by atoms with Gasteiger partial charge in [-0.2, -0.15) is 0 Å². The summed E-state index contributed by atoms with van der Waals surface area (Å²) in [5.41, 5.74) is -0.139. The number of ketones is 2. The molecule has 8 heteroatoms. The quantitative estimate of drug-likeness (QED) is 0.413. The zero-order valence-electron chi connectivity index (χ0n) is 10.4. The molecule has 1 aliphatic carbocycles. The van der Waals surface area contributed by atoms with Crippen LogP contribution in [-0.4, -0.2) is 21.8 Å². The van der Waals surface area contributed by atoms with E-state index in [0.717, 1.165) is 0 Å². The maximum atomic E-state index is 12.8. The van der Waals surface area contributed by atoms with Crippen molar-refractivity contribution in [3.63, 3.8) is 0 Å². The summed E-state index contributed by atoms with van der Waals surface area (Å²) in [6.07, 6.45) is 0. The maximum absolute atomic E-state index is 12.8. The van der Waals surface area contributed by atoms with Crippen LogP contribution in [0.15, 0.2) is 30.0 Å². The average Bonchev–Trinajstić information content (AvgIpc) is 2.44. The third kappa shape index (κ3) is 2.11. The summed E-state index contributed by atoms with van der Waals surface area (Å²) in [5, 5.41) is 20.3. The Labute approximate surface area is 158 Å².